The zero-order valence-electron chi connectivity index (χ0n) is 6.85. The number of rotatable bonds is 0. The van der Waals surface area contributed by atoms with Gasteiger partial charge in [0.15, 0.2) is 5.82 Å². The molecule has 4 heteroatoms. The lowest BCUT2D eigenvalue weighted by atomic mass is 10.1. The van der Waals surface area contributed by atoms with Crippen LogP contribution in [0.4, 0.5) is 10.1 Å². The van der Waals surface area contributed by atoms with E-state index in [2.05, 4.69) is 26.2 Å². The van der Waals surface area contributed by atoms with Gasteiger partial charge in [0.25, 0.3) is 0 Å². The topological polar surface area (TPSA) is 24.9 Å². The van der Waals surface area contributed by atoms with Gasteiger partial charge in [-0.15, -0.1) is 0 Å². The number of fused-ring (bicyclic) bond motifs is 3. The molecule has 1 aromatic rings. The molecule has 68 valence electrons. The van der Waals surface area contributed by atoms with Crippen LogP contribution in [0.15, 0.2) is 10.7 Å². The van der Waals surface area contributed by atoms with Gasteiger partial charge in [0.05, 0.1) is 11.4 Å². The largest absolute Gasteiger partial charge is 0.383 e. The predicted octanol–water partition coefficient (Wildman–Crippen LogP) is 2.51. The number of pyridine rings is 1. The lowest BCUT2D eigenvalue weighted by Crippen LogP contribution is -2.13. The summed E-state index contributed by atoms with van der Waals surface area (Å²) in [7, 11) is 0. The van der Waals surface area contributed by atoms with Crippen LogP contribution in [0.5, 0.6) is 0 Å². The number of halogens is 2. The Morgan fingerprint density at radius 1 is 1.62 bits per heavy atom. The first-order chi connectivity index (χ1) is 6.25. The average molecular weight is 243 g/mol. The first-order valence-corrected chi connectivity index (χ1v) is 5.15. The quantitative estimate of drug-likeness (QED) is 0.708. The minimum absolute atomic E-state index is 0.287. The van der Waals surface area contributed by atoms with E-state index in [1.807, 2.05) is 0 Å². The minimum Gasteiger partial charge on any atom is -0.383 e. The Balaban J connectivity index is 2.15. The molecule has 1 aliphatic heterocycles. The van der Waals surface area contributed by atoms with Crippen LogP contribution in [0.1, 0.15) is 18.0 Å². The number of anilines is 1. The van der Waals surface area contributed by atoms with Crippen LogP contribution in [-0.2, 0) is 0 Å². The van der Waals surface area contributed by atoms with Crippen LogP contribution in [0.25, 0.3) is 0 Å². The van der Waals surface area contributed by atoms with Gasteiger partial charge in [-0.1, -0.05) is 0 Å². The minimum atomic E-state index is -0.287. The highest BCUT2D eigenvalue weighted by molar-refractivity contribution is 9.10. The predicted molar refractivity (Wildman–Crippen MR) is 51.2 cm³/mol. The molecule has 1 aliphatic carbocycles. The van der Waals surface area contributed by atoms with Crippen molar-refractivity contribution in [3.63, 3.8) is 0 Å². The fourth-order valence-corrected chi connectivity index (χ4v) is 2.26. The Labute approximate surface area is 83.7 Å². The normalized spacial score (nSPS) is 28.8. The van der Waals surface area contributed by atoms with Crippen molar-refractivity contribution in [3.05, 3.63) is 22.2 Å². The number of hydrogen-bond donors (Lipinski definition) is 1. The first-order valence-electron chi connectivity index (χ1n) is 4.35. The van der Waals surface area contributed by atoms with E-state index in [9.17, 15) is 4.39 Å². The van der Waals surface area contributed by atoms with Gasteiger partial charge < -0.3 is 5.32 Å². The number of hydrogen-bond acceptors (Lipinski definition) is 2. The highest BCUT2D eigenvalue weighted by atomic mass is 79.9. The van der Waals surface area contributed by atoms with Crippen LogP contribution in [0, 0.1) is 11.7 Å². The van der Waals surface area contributed by atoms with E-state index in [1.54, 1.807) is 0 Å². The monoisotopic (exact) mass is 242 g/mol. The third-order valence-corrected chi connectivity index (χ3v) is 3.35. The van der Waals surface area contributed by atoms with Gasteiger partial charge in [0, 0.05) is 18.5 Å². The molecule has 0 unspecified atom stereocenters. The molecule has 2 aliphatic rings. The molecule has 1 N–H and O–H groups in total. The summed E-state index contributed by atoms with van der Waals surface area (Å²) in [5.41, 5.74) is 1.91. The lowest BCUT2D eigenvalue weighted by Gasteiger charge is -2.16. The molecule has 0 saturated heterocycles. The fourth-order valence-electron chi connectivity index (χ4n) is 1.95. The zero-order chi connectivity index (χ0) is 9.00. The molecule has 2 atom stereocenters. The van der Waals surface area contributed by atoms with Crippen molar-refractivity contribution in [2.75, 3.05) is 11.9 Å². The molecule has 13 heavy (non-hydrogen) atoms. The summed E-state index contributed by atoms with van der Waals surface area (Å²) in [6.07, 6.45) is 1.20. The Morgan fingerprint density at radius 3 is 3.31 bits per heavy atom. The van der Waals surface area contributed by atoms with Crippen LogP contribution >= 0.6 is 15.9 Å². The van der Waals surface area contributed by atoms with Gasteiger partial charge in [0.1, 0.15) is 4.60 Å². The van der Waals surface area contributed by atoms with Gasteiger partial charge >= 0.3 is 0 Å². The smallest absolute Gasteiger partial charge is 0.158 e. The summed E-state index contributed by atoms with van der Waals surface area (Å²) in [6, 6.07) is 1.53. The van der Waals surface area contributed by atoms with Crippen LogP contribution in [0.2, 0.25) is 0 Å². The molecule has 1 aromatic heterocycles. The molecule has 2 heterocycles. The maximum atomic E-state index is 13.1. The van der Waals surface area contributed by atoms with Crippen LogP contribution in [-0.4, -0.2) is 11.5 Å². The van der Waals surface area contributed by atoms with E-state index < -0.39 is 0 Å². The highest BCUT2D eigenvalue weighted by Gasteiger charge is 2.43. The average Bonchev–Trinajstić information content (AvgIpc) is 2.86. The second-order valence-electron chi connectivity index (χ2n) is 3.68. The summed E-state index contributed by atoms with van der Waals surface area (Å²) >= 11 is 3.11. The van der Waals surface area contributed by atoms with Gasteiger partial charge in [0.2, 0.25) is 0 Å². The molecule has 0 radical (unpaired) electrons. The zero-order valence-corrected chi connectivity index (χ0v) is 8.44. The molecule has 0 amide bonds. The molecule has 0 spiro atoms. The molecular weight excluding hydrogens is 235 g/mol. The molecular formula is C9H8BrFN2. The second kappa shape index (κ2) is 2.44. The summed E-state index contributed by atoms with van der Waals surface area (Å²) in [5, 5.41) is 3.20. The van der Waals surface area contributed by atoms with Crippen molar-refractivity contribution in [2.24, 2.45) is 5.92 Å². The molecule has 1 saturated carbocycles. The van der Waals surface area contributed by atoms with E-state index >= 15 is 0 Å². The van der Waals surface area contributed by atoms with E-state index in [4.69, 9.17) is 0 Å². The van der Waals surface area contributed by atoms with Gasteiger partial charge in [-0.05, 0) is 28.3 Å². The number of nitrogens with one attached hydrogen (secondary N) is 1. The number of nitrogens with zero attached hydrogens (tertiary/aromatic N) is 1. The van der Waals surface area contributed by atoms with Gasteiger partial charge in [-0.2, -0.15) is 0 Å². The Bertz CT molecular complexity index is 380. The van der Waals surface area contributed by atoms with E-state index in [0.717, 1.165) is 23.8 Å². The van der Waals surface area contributed by atoms with Gasteiger partial charge in [-0.3, -0.25) is 0 Å². The fraction of sp³-hybridized carbons (Fsp3) is 0.444. The SMILES string of the molecule is Fc1cc2c(nc1Br)[C@H]1C[C@H]1CN2. The van der Waals surface area contributed by atoms with Crippen LogP contribution < -0.4 is 5.32 Å². The maximum Gasteiger partial charge on any atom is 0.158 e. The van der Waals surface area contributed by atoms with Crippen molar-refractivity contribution in [1.82, 2.24) is 4.98 Å². The second-order valence-corrected chi connectivity index (χ2v) is 4.43. The van der Waals surface area contributed by atoms with Crippen molar-refractivity contribution in [3.8, 4) is 0 Å². The maximum absolute atomic E-state index is 13.1. The molecule has 0 bridgehead atoms. The van der Waals surface area contributed by atoms with Crippen molar-refractivity contribution >= 4 is 21.6 Å². The van der Waals surface area contributed by atoms with Gasteiger partial charge in [-0.25, -0.2) is 9.37 Å². The molecule has 2 nitrogen and oxygen atoms in total. The molecule has 0 aromatic carbocycles. The first kappa shape index (κ1) is 7.74. The Kier molecular flexibility index (Phi) is 1.45. The summed E-state index contributed by atoms with van der Waals surface area (Å²) in [5.74, 6) is 1.02. The molecule has 1 fully saturated rings. The lowest BCUT2D eigenvalue weighted by molar-refractivity contribution is 0.608. The summed E-state index contributed by atoms with van der Waals surface area (Å²) in [6.45, 7) is 0.973. The summed E-state index contributed by atoms with van der Waals surface area (Å²) in [4.78, 5) is 4.22. The van der Waals surface area contributed by atoms with Crippen molar-refractivity contribution < 1.29 is 4.39 Å². The van der Waals surface area contributed by atoms with E-state index in [-0.39, 0.29) is 5.82 Å². The highest BCUT2D eigenvalue weighted by Crippen LogP contribution is 2.52. The van der Waals surface area contributed by atoms with Crippen molar-refractivity contribution in [1.29, 1.82) is 0 Å². The Hall–Kier alpha value is -0.640. The standard InChI is InChI=1S/C9H8BrFN2/c10-9-6(11)2-7-8(13-9)5-1-4(5)3-12-7/h2,4-5,12H,1,3H2/t4-,5-/m0/s1. The van der Waals surface area contributed by atoms with E-state index in [0.29, 0.717) is 10.5 Å². The summed E-state index contributed by atoms with van der Waals surface area (Å²) < 4.78 is 13.4. The Morgan fingerprint density at radius 2 is 2.46 bits per heavy atom. The third-order valence-electron chi connectivity index (χ3n) is 2.79. The van der Waals surface area contributed by atoms with Crippen LogP contribution in [0.3, 0.4) is 0 Å². The number of aromatic nitrogens is 1. The third kappa shape index (κ3) is 1.08. The van der Waals surface area contributed by atoms with Crippen molar-refractivity contribution in [2.45, 2.75) is 12.3 Å². The molecule has 3 rings (SSSR count). The van der Waals surface area contributed by atoms with E-state index in [1.165, 1.54) is 12.5 Å².